The Morgan fingerprint density at radius 3 is 2.36 bits per heavy atom. The van der Waals surface area contributed by atoms with Gasteiger partial charge in [0.05, 0.1) is 12.1 Å². The summed E-state index contributed by atoms with van der Waals surface area (Å²) in [6, 6.07) is 8.73. The maximum atomic E-state index is 10.2. The lowest BCUT2D eigenvalue weighted by Gasteiger charge is -2.35. The maximum absolute atomic E-state index is 10.2. The van der Waals surface area contributed by atoms with Crippen LogP contribution in [0.2, 0.25) is 0 Å². The third-order valence-electron chi connectivity index (χ3n) is 4.35. The van der Waals surface area contributed by atoms with Crippen molar-refractivity contribution in [2.24, 2.45) is 4.99 Å². The number of rotatable bonds is 6. The molecule has 0 spiro atoms. The molecule has 1 aliphatic rings. The second kappa shape index (κ2) is 7.63. The Morgan fingerprint density at radius 2 is 1.86 bits per heavy atom. The Hall–Kier alpha value is -1.55. The van der Waals surface area contributed by atoms with Crippen LogP contribution in [-0.2, 0) is 13.0 Å². The summed E-state index contributed by atoms with van der Waals surface area (Å²) in [6.45, 7) is 6.37. The largest absolute Gasteiger partial charge is 0.388 e. The smallest absolute Gasteiger partial charge is 0.194 e. The van der Waals surface area contributed by atoms with Crippen molar-refractivity contribution in [2.75, 3.05) is 20.1 Å². The van der Waals surface area contributed by atoms with Gasteiger partial charge in [-0.15, -0.1) is 0 Å². The van der Waals surface area contributed by atoms with Crippen molar-refractivity contribution in [1.29, 1.82) is 0 Å². The first-order valence-corrected chi connectivity index (χ1v) is 8.36. The van der Waals surface area contributed by atoms with Gasteiger partial charge in [-0.1, -0.05) is 31.2 Å². The van der Waals surface area contributed by atoms with Crippen LogP contribution in [0.1, 0.15) is 44.2 Å². The fraction of sp³-hybridized carbons (Fsp3) is 0.611. The van der Waals surface area contributed by atoms with Crippen molar-refractivity contribution in [1.82, 2.24) is 10.2 Å². The van der Waals surface area contributed by atoms with E-state index in [1.165, 1.54) is 11.1 Å². The molecular weight excluding hydrogens is 274 g/mol. The van der Waals surface area contributed by atoms with Crippen LogP contribution in [-0.4, -0.2) is 41.7 Å². The van der Waals surface area contributed by atoms with E-state index in [0.717, 1.165) is 44.7 Å². The molecule has 0 amide bonds. The first-order chi connectivity index (χ1) is 10.6. The highest BCUT2D eigenvalue weighted by Crippen LogP contribution is 2.31. The number of nitrogens with one attached hydrogen (secondary N) is 1. The Morgan fingerprint density at radius 1 is 1.23 bits per heavy atom. The third kappa shape index (κ3) is 4.47. The van der Waals surface area contributed by atoms with Crippen molar-refractivity contribution in [3.05, 3.63) is 35.4 Å². The number of hydrogen-bond acceptors (Lipinski definition) is 2. The van der Waals surface area contributed by atoms with Gasteiger partial charge in [-0.05, 0) is 43.7 Å². The second-order valence-corrected chi connectivity index (χ2v) is 6.27. The van der Waals surface area contributed by atoms with Crippen LogP contribution in [0.25, 0.3) is 0 Å². The number of aryl methyl sites for hydroxylation is 1. The zero-order chi connectivity index (χ0) is 16.0. The summed E-state index contributed by atoms with van der Waals surface area (Å²) >= 11 is 0. The Kier molecular flexibility index (Phi) is 5.83. The van der Waals surface area contributed by atoms with Crippen LogP contribution in [0.3, 0.4) is 0 Å². The molecule has 0 atom stereocenters. The van der Waals surface area contributed by atoms with E-state index in [4.69, 9.17) is 0 Å². The number of aliphatic hydroxyl groups is 1. The van der Waals surface area contributed by atoms with Gasteiger partial charge in [-0.25, -0.2) is 0 Å². The molecular formula is C18H29N3O. The molecule has 1 aliphatic carbocycles. The summed E-state index contributed by atoms with van der Waals surface area (Å²) in [4.78, 5) is 6.74. The van der Waals surface area contributed by atoms with E-state index < -0.39 is 5.60 Å². The fourth-order valence-corrected chi connectivity index (χ4v) is 2.66. The fourth-order valence-electron chi connectivity index (χ4n) is 2.66. The van der Waals surface area contributed by atoms with Crippen molar-refractivity contribution < 1.29 is 5.11 Å². The summed E-state index contributed by atoms with van der Waals surface area (Å²) in [5.41, 5.74) is 2.07. The molecule has 4 heteroatoms. The number of benzene rings is 1. The van der Waals surface area contributed by atoms with Crippen LogP contribution in [0, 0.1) is 0 Å². The summed E-state index contributed by atoms with van der Waals surface area (Å²) < 4.78 is 0. The van der Waals surface area contributed by atoms with Crippen molar-refractivity contribution in [2.45, 2.75) is 51.7 Å². The van der Waals surface area contributed by atoms with Crippen molar-refractivity contribution in [3.8, 4) is 0 Å². The zero-order valence-corrected chi connectivity index (χ0v) is 14.1. The Balaban J connectivity index is 1.98. The van der Waals surface area contributed by atoms with Crippen molar-refractivity contribution in [3.63, 3.8) is 0 Å². The molecule has 2 rings (SSSR count). The molecule has 1 aromatic carbocycles. The standard InChI is InChI=1S/C18H29N3O/c1-4-15-7-9-16(10-8-15)13-21(3)17(19-5-2)20-14-18(22)11-6-12-18/h7-10,22H,4-6,11-14H2,1-3H3,(H,19,20). The summed E-state index contributed by atoms with van der Waals surface area (Å²) in [5.74, 6) is 0.863. The Labute approximate surface area is 134 Å². The lowest BCUT2D eigenvalue weighted by Crippen LogP contribution is -2.43. The summed E-state index contributed by atoms with van der Waals surface area (Å²) in [5, 5.41) is 13.5. The highest BCUT2D eigenvalue weighted by atomic mass is 16.3. The molecule has 122 valence electrons. The lowest BCUT2D eigenvalue weighted by atomic mass is 9.80. The molecule has 0 heterocycles. The maximum Gasteiger partial charge on any atom is 0.194 e. The van der Waals surface area contributed by atoms with Crippen LogP contribution < -0.4 is 5.32 Å². The quantitative estimate of drug-likeness (QED) is 0.627. The SMILES string of the molecule is CCNC(=NCC1(O)CCC1)N(C)Cc1ccc(CC)cc1. The van der Waals surface area contributed by atoms with E-state index >= 15 is 0 Å². The number of nitrogens with zero attached hydrogens (tertiary/aromatic N) is 2. The van der Waals surface area contributed by atoms with E-state index in [0.29, 0.717) is 6.54 Å². The zero-order valence-electron chi connectivity index (χ0n) is 14.1. The number of guanidine groups is 1. The first-order valence-electron chi connectivity index (χ1n) is 8.36. The molecule has 22 heavy (non-hydrogen) atoms. The third-order valence-corrected chi connectivity index (χ3v) is 4.35. The van der Waals surface area contributed by atoms with Gasteiger partial charge >= 0.3 is 0 Å². The summed E-state index contributed by atoms with van der Waals surface area (Å²) in [7, 11) is 2.04. The van der Waals surface area contributed by atoms with E-state index in [9.17, 15) is 5.11 Å². The molecule has 0 aromatic heterocycles. The second-order valence-electron chi connectivity index (χ2n) is 6.27. The van der Waals surface area contributed by atoms with E-state index in [-0.39, 0.29) is 0 Å². The predicted molar refractivity (Wildman–Crippen MR) is 92.1 cm³/mol. The number of hydrogen-bond donors (Lipinski definition) is 2. The molecule has 4 nitrogen and oxygen atoms in total. The monoisotopic (exact) mass is 303 g/mol. The topological polar surface area (TPSA) is 47.9 Å². The highest BCUT2D eigenvalue weighted by molar-refractivity contribution is 5.79. The van der Waals surface area contributed by atoms with Gasteiger partial charge in [0.2, 0.25) is 0 Å². The van der Waals surface area contributed by atoms with Gasteiger partial charge in [0, 0.05) is 20.1 Å². The molecule has 0 aliphatic heterocycles. The van der Waals surface area contributed by atoms with E-state index in [1.807, 2.05) is 7.05 Å². The molecule has 1 saturated carbocycles. The van der Waals surface area contributed by atoms with Gasteiger partial charge in [-0.2, -0.15) is 0 Å². The molecule has 1 aromatic rings. The minimum atomic E-state index is -0.565. The van der Waals surface area contributed by atoms with E-state index in [2.05, 4.69) is 53.3 Å². The molecule has 0 unspecified atom stereocenters. The highest BCUT2D eigenvalue weighted by Gasteiger charge is 2.34. The molecule has 1 fully saturated rings. The lowest BCUT2D eigenvalue weighted by molar-refractivity contribution is -0.0237. The number of aliphatic imine (C=N–C) groups is 1. The normalized spacial score (nSPS) is 17.0. The average Bonchev–Trinajstić information content (AvgIpc) is 2.50. The Bertz CT molecular complexity index is 492. The molecule has 0 saturated heterocycles. The molecule has 0 bridgehead atoms. The van der Waals surface area contributed by atoms with E-state index in [1.54, 1.807) is 0 Å². The predicted octanol–water partition coefficient (Wildman–Crippen LogP) is 2.56. The van der Waals surface area contributed by atoms with Gasteiger partial charge in [0.25, 0.3) is 0 Å². The minimum Gasteiger partial charge on any atom is -0.388 e. The summed E-state index contributed by atoms with van der Waals surface area (Å²) in [6.07, 6.45) is 3.93. The van der Waals surface area contributed by atoms with Gasteiger partial charge in [0.1, 0.15) is 0 Å². The molecule has 0 radical (unpaired) electrons. The van der Waals surface area contributed by atoms with Gasteiger partial charge in [-0.3, -0.25) is 4.99 Å². The van der Waals surface area contributed by atoms with Crippen LogP contribution in [0.4, 0.5) is 0 Å². The first kappa shape index (κ1) is 16.8. The average molecular weight is 303 g/mol. The van der Waals surface area contributed by atoms with Crippen LogP contribution >= 0.6 is 0 Å². The van der Waals surface area contributed by atoms with Crippen molar-refractivity contribution >= 4 is 5.96 Å². The van der Waals surface area contributed by atoms with Gasteiger partial charge < -0.3 is 15.3 Å². The van der Waals surface area contributed by atoms with Crippen LogP contribution in [0.15, 0.2) is 29.3 Å². The van der Waals surface area contributed by atoms with Crippen LogP contribution in [0.5, 0.6) is 0 Å². The molecule has 2 N–H and O–H groups in total. The minimum absolute atomic E-state index is 0.494. The van der Waals surface area contributed by atoms with Gasteiger partial charge in [0.15, 0.2) is 5.96 Å².